The molecule has 0 bridgehead atoms. The second kappa shape index (κ2) is 5.45. The standard InChI is InChI=1S/C9H8F5N.ClH/c10-4-8(15)6-2-1-5(11)3-7(6)9(12,13)14;/h1-3,8H,4,15H2;1H/t8-;/m0./s1. The van der Waals surface area contributed by atoms with Gasteiger partial charge in [-0.1, -0.05) is 6.07 Å². The van der Waals surface area contributed by atoms with E-state index in [9.17, 15) is 22.0 Å². The molecule has 0 saturated heterocycles. The predicted octanol–water partition coefficient (Wildman–Crippen LogP) is 3.24. The van der Waals surface area contributed by atoms with Crippen LogP contribution in [0.15, 0.2) is 18.2 Å². The first kappa shape index (κ1) is 15.1. The highest BCUT2D eigenvalue weighted by atomic mass is 35.5. The van der Waals surface area contributed by atoms with E-state index in [1.165, 1.54) is 0 Å². The van der Waals surface area contributed by atoms with E-state index in [0.29, 0.717) is 6.07 Å². The van der Waals surface area contributed by atoms with Gasteiger partial charge in [0.15, 0.2) is 0 Å². The number of halogens is 6. The van der Waals surface area contributed by atoms with Gasteiger partial charge >= 0.3 is 6.18 Å². The average Bonchev–Trinajstić information content (AvgIpc) is 2.15. The maximum atomic E-state index is 12.6. The fourth-order valence-corrected chi connectivity index (χ4v) is 1.18. The highest BCUT2D eigenvalue weighted by Crippen LogP contribution is 2.34. The van der Waals surface area contributed by atoms with Gasteiger partial charge in [0.25, 0.3) is 0 Å². The average molecular weight is 262 g/mol. The molecule has 0 aromatic heterocycles. The lowest BCUT2D eigenvalue weighted by atomic mass is 10.0. The Morgan fingerprint density at radius 1 is 1.25 bits per heavy atom. The summed E-state index contributed by atoms with van der Waals surface area (Å²) in [5, 5.41) is 0. The molecule has 0 fully saturated rings. The van der Waals surface area contributed by atoms with Crippen LogP contribution < -0.4 is 5.73 Å². The maximum absolute atomic E-state index is 12.6. The number of rotatable bonds is 2. The number of benzene rings is 1. The second-order valence-electron chi connectivity index (χ2n) is 2.99. The van der Waals surface area contributed by atoms with Crippen LogP contribution in [0.4, 0.5) is 22.0 Å². The number of alkyl halides is 4. The Kier molecular flexibility index (Phi) is 5.15. The third kappa shape index (κ3) is 3.31. The van der Waals surface area contributed by atoms with Gasteiger partial charge in [-0.2, -0.15) is 13.2 Å². The normalized spacial score (nSPS) is 13.1. The van der Waals surface area contributed by atoms with Crippen molar-refractivity contribution in [3.63, 3.8) is 0 Å². The smallest absolute Gasteiger partial charge is 0.322 e. The number of hydrogen-bond donors (Lipinski definition) is 1. The second-order valence-corrected chi connectivity index (χ2v) is 2.99. The summed E-state index contributed by atoms with van der Waals surface area (Å²) < 4.78 is 61.9. The summed E-state index contributed by atoms with van der Waals surface area (Å²) in [5.41, 5.74) is 3.48. The lowest BCUT2D eigenvalue weighted by molar-refractivity contribution is -0.138. The van der Waals surface area contributed by atoms with Crippen molar-refractivity contribution in [3.8, 4) is 0 Å². The third-order valence-corrected chi connectivity index (χ3v) is 1.89. The van der Waals surface area contributed by atoms with Gasteiger partial charge in [0.1, 0.15) is 12.5 Å². The molecule has 1 atom stereocenters. The van der Waals surface area contributed by atoms with Crippen LogP contribution in [0.3, 0.4) is 0 Å². The molecule has 0 aliphatic carbocycles. The first-order valence-electron chi connectivity index (χ1n) is 4.04. The van der Waals surface area contributed by atoms with Gasteiger partial charge in [-0.05, 0) is 17.7 Å². The molecule has 92 valence electrons. The quantitative estimate of drug-likeness (QED) is 0.813. The van der Waals surface area contributed by atoms with Crippen LogP contribution in [0.1, 0.15) is 17.2 Å². The molecule has 0 amide bonds. The first-order valence-corrected chi connectivity index (χ1v) is 4.04. The molecule has 2 N–H and O–H groups in total. The fraction of sp³-hybridized carbons (Fsp3) is 0.333. The van der Waals surface area contributed by atoms with E-state index in [1.807, 2.05) is 0 Å². The highest BCUT2D eigenvalue weighted by Gasteiger charge is 2.35. The molecule has 1 aromatic rings. The summed E-state index contributed by atoms with van der Waals surface area (Å²) >= 11 is 0. The molecule has 0 heterocycles. The molecule has 1 aromatic carbocycles. The topological polar surface area (TPSA) is 26.0 Å². The Labute approximate surface area is 94.8 Å². The summed E-state index contributed by atoms with van der Waals surface area (Å²) in [6, 6.07) is 0.593. The minimum Gasteiger partial charge on any atom is -0.322 e. The summed E-state index contributed by atoms with van der Waals surface area (Å²) in [7, 11) is 0. The van der Waals surface area contributed by atoms with E-state index in [2.05, 4.69) is 0 Å². The van der Waals surface area contributed by atoms with Crippen molar-refractivity contribution >= 4 is 12.4 Å². The van der Waals surface area contributed by atoms with Crippen LogP contribution in [0.5, 0.6) is 0 Å². The zero-order chi connectivity index (χ0) is 11.6. The van der Waals surface area contributed by atoms with Gasteiger partial charge in [-0.25, -0.2) is 8.78 Å². The van der Waals surface area contributed by atoms with Gasteiger partial charge in [-0.3, -0.25) is 0 Å². The SMILES string of the molecule is Cl.N[C@@H](CF)c1ccc(F)cc1C(F)(F)F. The van der Waals surface area contributed by atoms with Crippen LogP contribution in [0.25, 0.3) is 0 Å². The van der Waals surface area contributed by atoms with Crippen molar-refractivity contribution in [3.05, 3.63) is 35.1 Å². The summed E-state index contributed by atoms with van der Waals surface area (Å²) in [6.07, 6.45) is -4.73. The molecular formula is C9H9ClF5N. The van der Waals surface area contributed by atoms with Crippen LogP contribution >= 0.6 is 12.4 Å². The van der Waals surface area contributed by atoms with E-state index in [4.69, 9.17) is 5.73 Å². The van der Waals surface area contributed by atoms with Crippen LogP contribution in [0, 0.1) is 5.82 Å². The lowest BCUT2D eigenvalue weighted by Gasteiger charge is -2.15. The van der Waals surface area contributed by atoms with Crippen molar-refractivity contribution in [2.75, 3.05) is 6.67 Å². The molecule has 0 aliphatic rings. The van der Waals surface area contributed by atoms with Gasteiger partial charge in [0.05, 0.1) is 11.6 Å². The van der Waals surface area contributed by atoms with Crippen LogP contribution in [-0.4, -0.2) is 6.67 Å². The summed E-state index contributed by atoms with van der Waals surface area (Å²) in [6.45, 7) is -1.13. The molecular weight excluding hydrogens is 253 g/mol. The number of hydrogen-bond acceptors (Lipinski definition) is 1. The van der Waals surface area contributed by atoms with Gasteiger partial charge in [0, 0.05) is 0 Å². The lowest BCUT2D eigenvalue weighted by Crippen LogP contribution is -2.19. The van der Waals surface area contributed by atoms with E-state index in [-0.39, 0.29) is 12.4 Å². The summed E-state index contributed by atoms with van der Waals surface area (Å²) in [4.78, 5) is 0. The minimum absolute atomic E-state index is 0. The zero-order valence-electron chi connectivity index (χ0n) is 7.89. The first-order chi connectivity index (χ1) is 6.86. The Morgan fingerprint density at radius 3 is 2.25 bits per heavy atom. The highest BCUT2D eigenvalue weighted by molar-refractivity contribution is 5.85. The summed E-state index contributed by atoms with van der Waals surface area (Å²) in [5.74, 6) is -1.03. The Morgan fingerprint density at radius 2 is 1.81 bits per heavy atom. The van der Waals surface area contributed by atoms with E-state index in [1.54, 1.807) is 0 Å². The molecule has 0 unspecified atom stereocenters. The molecule has 0 radical (unpaired) electrons. The zero-order valence-corrected chi connectivity index (χ0v) is 8.71. The Bertz CT molecular complexity index is 352. The molecule has 7 heteroatoms. The van der Waals surface area contributed by atoms with Crippen LogP contribution in [-0.2, 0) is 6.18 Å². The molecule has 1 rings (SSSR count). The molecule has 0 saturated carbocycles. The molecule has 16 heavy (non-hydrogen) atoms. The fourth-order valence-electron chi connectivity index (χ4n) is 1.18. The van der Waals surface area contributed by atoms with E-state index >= 15 is 0 Å². The molecule has 0 spiro atoms. The van der Waals surface area contributed by atoms with E-state index < -0.39 is 35.8 Å². The largest absolute Gasteiger partial charge is 0.416 e. The van der Waals surface area contributed by atoms with Gasteiger partial charge in [0.2, 0.25) is 0 Å². The van der Waals surface area contributed by atoms with Crippen molar-refractivity contribution in [1.82, 2.24) is 0 Å². The Hall–Kier alpha value is -0.880. The van der Waals surface area contributed by atoms with Gasteiger partial charge in [-0.15, -0.1) is 12.4 Å². The van der Waals surface area contributed by atoms with Crippen molar-refractivity contribution < 1.29 is 22.0 Å². The predicted molar refractivity (Wildman–Crippen MR) is 51.6 cm³/mol. The Balaban J connectivity index is 0.00000225. The van der Waals surface area contributed by atoms with Crippen LogP contribution in [0.2, 0.25) is 0 Å². The third-order valence-electron chi connectivity index (χ3n) is 1.89. The molecule has 0 aliphatic heterocycles. The monoisotopic (exact) mass is 261 g/mol. The number of nitrogens with two attached hydrogens (primary N) is 1. The van der Waals surface area contributed by atoms with E-state index in [0.717, 1.165) is 12.1 Å². The van der Waals surface area contributed by atoms with Crippen molar-refractivity contribution in [2.24, 2.45) is 5.73 Å². The molecule has 1 nitrogen and oxygen atoms in total. The minimum atomic E-state index is -4.73. The van der Waals surface area contributed by atoms with Gasteiger partial charge < -0.3 is 5.73 Å². The maximum Gasteiger partial charge on any atom is 0.416 e. The van der Waals surface area contributed by atoms with Crippen molar-refractivity contribution in [2.45, 2.75) is 12.2 Å². The van der Waals surface area contributed by atoms with Crippen molar-refractivity contribution in [1.29, 1.82) is 0 Å².